The number of amides is 2. The van der Waals surface area contributed by atoms with Crippen LogP contribution in [0, 0.1) is 0 Å². The van der Waals surface area contributed by atoms with E-state index in [9.17, 15) is 9.59 Å². The van der Waals surface area contributed by atoms with Crippen LogP contribution in [-0.4, -0.2) is 51.5 Å². The van der Waals surface area contributed by atoms with E-state index in [0.717, 1.165) is 11.1 Å². The summed E-state index contributed by atoms with van der Waals surface area (Å²) in [7, 11) is 3.06. The van der Waals surface area contributed by atoms with Crippen molar-refractivity contribution in [1.29, 1.82) is 0 Å². The fourth-order valence-corrected chi connectivity index (χ4v) is 4.37. The predicted octanol–water partition coefficient (Wildman–Crippen LogP) is 4.13. The second-order valence-corrected chi connectivity index (χ2v) is 9.97. The van der Waals surface area contributed by atoms with E-state index >= 15 is 0 Å². The molecule has 0 radical (unpaired) electrons. The lowest BCUT2D eigenvalue weighted by molar-refractivity contribution is -0.142. The van der Waals surface area contributed by atoms with Crippen molar-refractivity contribution in [3.8, 4) is 11.5 Å². The molecular weight excluding hydrogens is 482 g/mol. The van der Waals surface area contributed by atoms with Crippen molar-refractivity contribution >= 4 is 22.8 Å². The van der Waals surface area contributed by atoms with E-state index in [0.29, 0.717) is 22.6 Å². The van der Waals surface area contributed by atoms with Gasteiger partial charge in [0.05, 0.1) is 19.7 Å². The van der Waals surface area contributed by atoms with Crippen molar-refractivity contribution in [3.05, 3.63) is 83.9 Å². The number of methoxy groups -OCH3 is 2. The Morgan fingerprint density at radius 1 is 0.947 bits per heavy atom. The molecule has 1 aromatic heterocycles. The summed E-state index contributed by atoms with van der Waals surface area (Å²) in [4.78, 5) is 29.6. The Morgan fingerprint density at radius 2 is 1.66 bits per heavy atom. The van der Waals surface area contributed by atoms with E-state index in [1.807, 2.05) is 75.4 Å². The molecule has 2 amide bonds. The highest BCUT2D eigenvalue weighted by atomic mass is 16.5. The largest absolute Gasteiger partial charge is 0.493 e. The molecule has 1 heterocycles. The quantitative estimate of drug-likeness (QED) is 0.360. The van der Waals surface area contributed by atoms with Gasteiger partial charge in [-0.05, 0) is 44.5 Å². The van der Waals surface area contributed by atoms with Crippen LogP contribution in [0.25, 0.3) is 11.0 Å². The molecule has 1 atom stereocenters. The predicted molar refractivity (Wildman–Crippen MR) is 145 cm³/mol. The summed E-state index contributed by atoms with van der Waals surface area (Å²) in [5.74, 6) is 0.217. The molecule has 1 unspecified atom stereocenters. The van der Waals surface area contributed by atoms with Crippen LogP contribution in [0.2, 0.25) is 0 Å². The average Bonchev–Trinajstić information content (AvgIpc) is 3.30. The van der Waals surface area contributed by atoms with Crippen LogP contribution in [0.5, 0.6) is 11.5 Å². The van der Waals surface area contributed by atoms with Crippen molar-refractivity contribution in [2.45, 2.75) is 45.4 Å². The first-order chi connectivity index (χ1) is 18.2. The van der Waals surface area contributed by atoms with E-state index < -0.39 is 11.6 Å². The van der Waals surface area contributed by atoms with Gasteiger partial charge in [-0.25, -0.2) is 4.68 Å². The van der Waals surface area contributed by atoms with Crippen molar-refractivity contribution in [2.75, 3.05) is 14.2 Å². The molecule has 0 aliphatic carbocycles. The maximum Gasteiger partial charge on any atom is 0.248 e. The van der Waals surface area contributed by atoms with E-state index in [1.165, 1.54) is 14.2 Å². The van der Waals surface area contributed by atoms with Crippen LogP contribution in [0.1, 0.15) is 37.9 Å². The number of benzene rings is 3. The highest BCUT2D eigenvalue weighted by Crippen LogP contribution is 2.38. The molecular formula is C29H33N5O4. The van der Waals surface area contributed by atoms with Crippen LogP contribution < -0.4 is 14.8 Å². The molecule has 0 aliphatic rings. The minimum absolute atomic E-state index is 0.0983. The Balaban J connectivity index is 1.84. The van der Waals surface area contributed by atoms with Gasteiger partial charge in [-0.3, -0.25) is 9.59 Å². The molecule has 4 aromatic rings. The van der Waals surface area contributed by atoms with Crippen molar-refractivity contribution in [2.24, 2.45) is 0 Å². The van der Waals surface area contributed by atoms with Gasteiger partial charge in [0.1, 0.15) is 18.1 Å². The van der Waals surface area contributed by atoms with Crippen LogP contribution in [0.3, 0.4) is 0 Å². The fraction of sp³-hybridized carbons (Fsp3) is 0.310. The molecule has 3 aromatic carbocycles. The number of nitrogens with one attached hydrogen (secondary N) is 1. The van der Waals surface area contributed by atoms with Crippen LogP contribution in [-0.2, 0) is 22.7 Å². The molecule has 9 nitrogen and oxygen atoms in total. The zero-order valence-corrected chi connectivity index (χ0v) is 22.3. The monoisotopic (exact) mass is 515 g/mol. The smallest absolute Gasteiger partial charge is 0.248 e. The minimum Gasteiger partial charge on any atom is -0.493 e. The number of hydrogen-bond donors (Lipinski definition) is 1. The lowest BCUT2D eigenvalue weighted by atomic mass is 9.99. The number of fused-ring (bicyclic) bond motifs is 1. The molecule has 38 heavy (non-hydrogen) atoms. The number of para-hydroxylation sites is 2. The van der Waals surface area contributed by atoms with Gasteiger partial charge in [-0.15, -0.1) is 5.10 Å². The second-order valence-electron chi connectivity index (χ2n) is 9.97. The van der Waals surface area contributed by atoms with E-state index in [-0.39, 0.29) is 24.9 Å². The number of nitrogens with zero attached hydrogens (tertiary/aromatic N) is 4. The normalized spacial score (nSPS) is 12.1. The highest BCUT2D eigenvalue weighted by Gasteiger charge is 2.36. The van der Waals surface area contributed by atoms with Gasteiger partial charge in [0.15, 0.2) is 11.5 Å². The third-order valence-corrected chi connectivity index (χ3v) is 6.01. The summed E-state index contributed by atoms with van der Waals surface area (Å²) in [6.07, 6.45) is 0. The van der Waals surface area contributed by atoms with Crippen molar-refractivity contribution in [3.63, 3.8) is 0 Å². The van der Waals surface area contributed by atoms with Gasteiger partial charge in [0.2, 0.25) is 11.8 Å². The van der Waals surface area contributed by atoms with Gasteiger partial charge >= 0.3 is 0 Å². The molecule has 1 N–H and O–H groups in total. The first kappa shape index (κ1) is 26.7. The summed E-state index contributed by atoms with van der Waals surface area (Å²) in [5.41, 5.74) is 2.27. The SMILES string of the molecule is COc1cccc(C(C(=O)NC(C)(C)C)N(Cc2ccccc2)C(=O)Cn2nnc3ccccc32)c1OC. The average molecular weight is 516 g/mol. The summed E-state index contributed by atoms with van der Waals surface area (Å²) < 4.78 is 12.8. The Hall–Kier alpha value is -4.40. The second kappa shape index (κ2) is 11.3. The molecule has 4 rings (SSSR count). The lowest BCUT2D eigenvalue weighted by Gasteiger charge is -2.34. The molecule has 0 fully saturated rings. The number of carbonyl (C=O) groups is 2. The topological polar surface area (TPSA) is 98.6 Å². The fourth-order valence-electron chi connectivity index (χ4n) is 4.37. The lowest BCUT2D eigenvalue weighted by Crippen LogP contribution is -2.49. The molecule has 0 aliphatic heterocycles. The maximum absolute atomic E-state index is 14.1. The Labute approximate surface area is 222 Å². The minimum atomic E-state index is -1.01. The van der Waals surface area contributed by atoms with Crippen LogP contribution in [0.15, 0.2) is 72.8 Å². The molecule has 0 spiro atoms. The Morgan fingerprint density at radius 3 is 2.34 bits per heavy atom. The highest BCUT2D eigenvalue weighted by molar-refractivity contribution is 5.90. The van der Waals surface area contributed by atoms with Gasteiger partial charge in [-0.1, -0.05) is 59.8 Å². The Bertz CT molecular complexity index is 1410. The van der Waals surface area contributed by atoms with Crippen LogP contribution in [0.4, 0.5) is 0 Å². The molecule has 198 valence electrons. The number of aromatic nitrogens is 3. The van der Waals surface area contributed by atoms with E-state index in [2.05, 4.69) is 15.6 Å². The summed E-state index contributed by atoms with van der Waals surface area (Å²) in [6, 6.07) is 21.3. The van der Waals surface area contributed by atoms with Gasteiger partial charge < -0.3 is 19.7 Å². The third kappa shape index (κ3) is 5.94. The summed E-state index contributed by atoms with van der Waals surface area (Å²) in [6.45, 7) is 5.79. The maximum atomic E-state index is 14.1. The van der Waals surface area contributed by atoms with Gasteiger partial charge in [0, 0.05) is 17.6 Å². The Kier molecular flexibility index (Phi) is 7.95. The number of rotatable bonds is 9. The van der Waals surface area contributed by atoms with Crippen molar-refractivity contribution in [1.82, 2.24) is 25.2 Å². The third-order valence-electron chi connectivity index (χ3n) is 6.01. The summed E-state index contributed by atoms with van der Waals surface area (Å²) in [5, 5.41) is 11.4. The number of ether oxygens (including phenoxy) is 2. The standard InChI is InChI=1S/C29H33N5O4/c1-29(2,3)30-28(36)26(21-14-11-17-24(37-4)27(21)38-5)33(18-20-12-7-6-8-13-20)25(35)19-34-23-16-10-9-15-22(23)31-32-34/h6-17,26H,18-19H2,1-5H3,(H,30,36). The van der Waals surface area contributed by atoms with Crippen molar-refractivity contribution < 1.29 is 19.1 Å². The molecule has 0 saturated carbocycles. The van der Waals surface area contributed by atoms with Gasteiger partial charge in [-0.2, -0.15) is 0 Å². The first-order valence-corrected chi connectivity index (χ1v) is 12.4. The zero-order chi connectivity index (χ0) is 27.3. The van der Waals surface area contributed by atoms with E-state index in [4.69, 9.17) is 9.47 Å². The zero-order valence-electron chi connectivity index (χ0n) is 22.3. The number of hydrogen-bond acceptors (Lipinski definition) is 6. The van der Waals surface area contributed by atoms with Crippen LogP contribution >= 0.6 is 0 Å². The first-order valence-electron chi connectivity index (χ1n) is 12.4. The number of carbonyl (C=O) groups excluding carboxylic acids is 2. The molecule has 0 saturated heterocycles. The van der Waals surface area contributed by atoms with Gasteiger partial charge in [0.25, 0.3) is 0 Å². The molecule has 0 bridgehead atoms. The summed E-state index contributed by atoms with van der Waals surface area (Å²) >= 11 is 0. The molecule has 9 heteroatoms. The van der Waals surface area contributed by atoms with E-state index in [1.54, 1.807) is 27.8 Å².